The molecule has 8 nitrogen and oxygen atoms in total. The maximum atomic E-state index is 13.4. The second-order valence-corrected chi connectivity index (χ2v) is 7.36. The molecule has 0 heterocycles. The van der Waals surface area contributed by atoms with Crippen molar-refractivity contribution in [2.45, 2.75) is 39.8 Å². The highest BCUT2D eigenvalue weighted by Crippen LogP contribution is 2.32. The van der Waals surface area contributed by atoms with Gasteiger partial charge in [-0.25, -0.2) is 0 Å². The average molecular weight is 475 g/mol. The molecule has 0 radical (unpaired) electrons. The summed E-state index contributed by atoms with van der Waals surface area (Å²) in [6.07, 6.45) is 0. The van der Waals surface area contributed by atoms with Gasteiger partial charge in [0.2, 0.25) is 11.6 Å². The van der Waals surface area contributed by atoms with E-state index < -0.39 is 32.9 Å². The first-order chi connectivity index (χ1) is 13.5. The topological polar surface area (TPSA) is 110 Å². The molecule has 0 aliphatic rings. The summed E-state index contributed by atoms with van der Waals surface area (Å²) in [6, 6.07) is 6.94. The summed E-state index contributed by atoms with van der Waals surface area (Å²) in [6.45, 7) is 7.30. The molecule has 29 heavy (non-hydrogen) atoms. The maximum Gasteiger partial charge on any atom is 0.328 e. The van der Waals surface area contributed by atoms with E-state index in [1.807, 2.05) is 27.7 Å². The van der Waals surface area contributed by atoms with Gasteiger partial charge in [-0.15, -0.1) is 0 Å². The first-order valence-electron chi connectivity index (χ1n) is 8.54. The predicted octanol–water partition coefficient (Wildman–Crippen LogP) is 5.87. The minimum atomic E-state index is -0.856. The van der Waals surface area contributed by atoms with Crippen LogP contribution in [0.2, 0.25) is 0 Å². The molecule has 0 aliphatic carbocycles. The third kappa shape index (κ3) is 6.93. The fourth-order valence-electron chi connectivity index (χ4n) is 2.27. The molecule has 0 aliphatic heterocycles. The zero-order chi connectivity index (χ0) is 22.3. The van der Waals surface area contributed by atoms with E-state index in [0.717, 1.165) is 6.07 Å². The van der Waals surface area contributed by atoms with Gasteiger partial charge in [0.25, 0.3) is 0 Å². The molecule has 2 N–H and O–H groups in total. The largest absolute Gasteiger partial charge is 0.377 e. The molecule has 0 fully saturated rings. The third-order valence-corrected chi connectivity index (χ3v) is 3.92. The fourth-order valence-corrected chi connectivity index (χ4v) is 2.59. The number of benzene rings is 2. The Labute approximate surface area is 174 Å². The Kier molecular flexibility index (Phi) is 8.89. The lowest BCUT2D eigenvalue weighted by atomic mass is 10.2. The Morgan fingerprint density at radius 3 is 1.79 bits per heavy atom. The Morgan fingerprint density at radius 1 is 0.862 bits per heavy atom. The lowest BCUT2D eigenvalue weighted by Crippen LogP contribution is -2.12. The van der Waals surface area contributed by atoms with Crippen LogP contribution >= 0.6 is 15.9 Å². The number of nitro groups is 2. The SMILES string of the molecule is CC(C)Nc1ccc(Br)c(F)c1[N+](=O)[O-].CC(C)Nc1cccc(F)c1[N+](=O)[O-]. The van der Waals surface area contributed by atoms with Gasteiger partial charge in [-0.05, 0) is 67.9 Å². The summed E-state index contributed by atoms with van der Waals surface area (Å²) in [4.78, 5) is 19.8. The number of nitro benzene ring substituents is 2. The van der Waals surface area contributed by atoms with Crippen LogP contribution < -0.4 is 10.6 Å². The first kappa shape index (κ1) is 24.2. The molecule has 0 bridgehead atoms. The number of nitrogens with one attached hydrogen (secondary N) is 2. The molecule has 2 aromatic carbocycles. The highest BCUT2D eigenvalue weighted by molar-refractivity contribution is 9.10. The Bertz CT molecular complexity index is 894. The summed E-state index contributed by atoms with van der Waals surface area (Å²) in [5, 5.41) is 26.9. The average Bonchev–Trinajstić information content (AvgIpc) is 2.57. The number of hydrogen-bond acceptors (Lipinski definition) is 6. The predicted molar refractivity (Wildman–Crippen MR) is 111 cm³/mol. The van der Waals surface area contributed by atoms with Gasteiger partial charge in [0.15, 0.2) is 0 Å². The summed E-state index contributed by atoms with van der Waals surface area (Å²) < 4.78 is 26.6. The molecule has 11 heteroatoms. The normalized spacial score (nSPS) is 10.4. The first-order valence-corrected chi connectivity index (χ1v) is 9.33. The Balaban J connectivity index is 0.000000291. The van der Waals surface area contributed by atoms with Crippen molar-refractivity contribution in [2.75, 3.05) is 10.6 Å². The van der Waals surface area contributed by atoms with Crippen LogP contribution in [0.3, 0.4) is 0 Å². The number of hydrogen-bond donors (Lipinski definition) is 2. The maximum absolute atomic E-state index is 13.4. The van der Waals surface area contributed by atoms with Crippen LogP contribution in [-0.4, -0.2) is 21.9 Å². The second-order valence-electron chi connectivity index (χ2n) is 6.51. The van der Waals surface area contributed by atoms with E-state index >= 15 is 0 Å². The van der Waals surface area contributed by atoms with Crippen molar-refractivity contribution >= 4 is 38.7 Å². The monoisotopic (exact) mass is 474 g/mol. The molecule has 158 valence electrons. The van der Waals surface area contributed by atoms with E-state index in [1.165, 1.54) is 24.3 Å². The van der Waals surface area contributed by atoms with Crippen molar-refractivity contribution in [2.24, 2.45) is 0 Å². The van der Waals surface area contributed by atoms with Gasteiger partial charge in [0.1, 0.15) is 11.4 Å². The Hall–Kier alpha value is -2.82. The molecule has 2 aromatic rings. The minimum Gasteiger partial charge on any atom is -0.377 e. The summed E-state index contributed by atoms with van der Waals surface area (Å²) in [5.74, 6) is -1.67. The summed E-state index contributed by atoms with van der Waals surface area (Å²) in [7, 11) is 0. The van der Waals surface area contributed by atoms with Crippen molar-refractivity contribution in [3.63, 3.8) is 0 Å². The van der Waals surface area contributed by atoms with Crippen LogP contribution in [0.4, 0.5) is 31.5 Å². The van der Waals surface area contributed by atoms with Gasteiger partial charge in [-0.1, -0.05) is 6.07 Å². The zero-order valence-electron chi connectivity index (χ0n) is 16.2. The van der Waals surface area contributed by atoms with Crippen LogP contribution in [0.5, 0.6) is 0 Å². The fraction of sp³-hybridized carbons (Fsp3) is 0.333. The van der Waals surface area contributed by atoms with Crippen molar-refractivity contribution in [1.29, 1.82) is 0 Å². The number of nitrogens with zero attached hydrogens (tertiary/aromatic N) is 2. The van der Waals surface area contributed by atoms with Gasteiger partial charge < -0.3 is 10.6 Å². The molecular weight excluding hydrogens is 454 g/mol. The Morgan fingerprint density at radius 2 is 1.34 bits per heavy atom. The quantitative estimate of drug-likeness (QED) is 0.399. The molecule has 0 atom stereocenters. The van der Waals surface area contributed by atoms with E-state index in [2.05, 4.69) is 26.6 Å². The molecule has 0 amide bonds. The van der Waals surface area contributed by atoms with Crippen LogP contribution in [0, 0.1) is 31.9 Å². The van der Waals surface area contributed by atoms with E-state index in [4.69, 9.17) is 0 Å². The van der Waals surface area contributed by atoms with Crippen molar-refractivity contribution in [3.8, 4) is 0 Å². The molecule has 0 saturated heterocycles. The van der Waals surface area contributed by atoms with E-state index in [0.29, 0.717) is 0 Å². The van der Waals surface area contributed by atoms with Crippen LogP contribution in [0.15, 0.2) is 34.8 Å². The van der Waals surface area contributed by atoms with Crippen molar-refractivity contribution < 1.29 is 18.6 Å². The molecular formula is C18H21BrF2N4O4. The summed E-state index contributed by atoms with van der Waals surface area (Å²) >= 11 is 2.91. The molecule has 2 rings (SSSR count). The van der Waals surface area contributed by atoms with Crippen LogP contribution in [0.25, 0.3) is 0 Å². The number of anilines is 2. The van der Waals surface area contributed by atoms with Crippen LogP contribution in [-0.2, 0) is 0 Å². The second kappa shape index (κ2) is 10.6. The third-order valence-electron chi connectivity index (χ3n) is 3.31. The summed E-state index contributed by atoms with van der Waals surface area (Å²) in [5.41, 5.74) is -0.625. The highest BCUT2D eigenvalue weighted by Gasteiger charge is 2.23. The molecule has 0 spiro atoms. The molecule has 0 saturated carbocycles. The van der Waals surface area contributed by atoms with Crippen LogP contribution in [0.1, 0.15) is 27.7 Å². The molecule has 0 unspecified atom stereocenters. The lowest BCUT2D eigenvalue weighted by molar-refractivity contribution is -0.386. The van der Waals surface area contributed by atoms with E-state index in [-0.39, 0.29) is 27.9 Å². The van der Waals surface area contributed by atoms with Gasteiger partial charge >= 0.3 is 11.4 Å². The minimum absolute atomic E-state index is 0.00396. The highest BCUT2D eigenvalue weighted by atomic mass is 79.9. The number of rotatable bonds is 6. The number of halogens is 3. The standard InChI is InChI=1S/C9H10BrFN2O2.C9H11FN2O2/c1-5(2)12-7-4-3-6(10)8(11)9(7)13(14)15;1-6(2)11-8-5-3-4-7(10)9(8)12(13)14/h3-5,12H,1-2H3;3-6,11H,1-2H3. The lowest BCUT2D eigenvalue weighted by Gasteiger charge is -2.10. The van der Waals surface area contributed by atoms with Gasteiger partial charge in [-0.2, -0.15) is 8.78 Å². The van der Waals surface area contributed by atoms with Gasteiger partial charge in [0.05, 0.1) is 14.3 Å². The smallest absolute Gasteiger partial charge is 0.328 e. The molecule has 0 aromatic heterocycles. The van der Waals surface area contributed by atoms with Crippen molar-refractivity contribution in [1.82, 2.24) is 0 Å². The van der Waals surface area contributed by atoms with Gasteiger partial charge in [0, 0.05) is 12.1 Å². The van der Waals surface area contributed by atoms with E-state index in [1.54, 1.807) is 0 Å². The number of para-hydroxylation sites is 1. The van der Waals surface area contributed by atoms with Gasteiger partial charge in [-0.3, -0.25) is 20.2 Å². The van der Waals surface area contributed by atoms with E-state index in [9.17, 15) is 29.0 Å². The zero-order valence-corrected chi connectivity index (χ0v) is 17.8. The van der Waals surface area contributed by atoms with Crippen molar-refractivity contribution in [3.05, 3.63) is 66.7 Å².